The fourth-order valence-electron chi connectivity index (χ4n) is 4.42. The Balaban J connectivity index is 1.63. The molecule has 1 aromatic heterocycles. The predicted molar refractivity (Wildman–Crippen MR) is 126 cm³/mol. The molecule has 0 bridgehead atoms. The van der Waals surface area contributed by atoms with Crippen LogP contribution in [0.25, 0.3) is 10.9 Å². The highest BCUT2D eigenvalue weighted by atomic mass is 79.9. The molecule has 1 fully saturated rings. The Morgan fingerprint density at radius 3 is 2.52 bits per heavy atom. The van der Waals surface area contributed by atoms with E-state index >= 15 is 0 Å². The third kappa shape index (κ3) is 4.29. The molecule has 4 rings (SSSR count). The average Bonchev–Trinajstić information content (AvgIpc) is 3.05. The number of halogens is 1. The van der Waals surface area contributed by atoms with E-state index in [2.05, 4.69) is 55.7 Å². The number of carbonyl (C=O) groups excluding carboxylic acids is 1. The first-order valence-corrected chi connectivity index (χ1v) is 11.5. The fourth-order valence-corrected chi connectivity index (χ4v) is 4.91. The smallest absolute Gasteiger partial charge is 0.340 e. The van der Waals surface area contributed by atoms with Crippen LogP contribution in [0.1, 0.15) is 23.0 Å². The number of rotatable bonds is 6. The zero-order valence-electron chi connectivity index (χ0n) is 18.3. The standard InChI is InChI=1S/C24H28BrN3O3/c1-4-31-24(29)23-18-14-22(30-3)19(25)15-20(18)26(2)21(23)16-27-10-12-28(13-11-27)17-8-6-5-7-9-17/h5-9,14-15H,4,10-13,16H2,1-3H3/p+1. The first-order valence-electron chi connectivity index (χ1n) is 10.7. The molecule has 2 aromatic carbocycles. The number of aryl methyl sites for hydroxylation is 1. The monoisotopic (exact) mass is 486 g/mol. The van der Waals surface area contributed by atoms with Gasteiger partial charge in [0, 0.05) is 18.1 Å². The van der Waals surface area contributed by atoms with Gasteiger partial charge >= 0.3 is 5.97 Å². The molecule has 1 aliphatic rings. The van der Waals surface area contributed by atoms with Crippen LogP contribution in [0.5, 0.6) is 5.75 Å². The van der Waals surface area contributed by atoms with Crippen molar-refractivity contribution in [3.63, 3.8) is 0 Å². The van der Waals surface area contributed by atoms with Crippen LogP contribution in [-0.2, 0) is 18.3 Å². The molecule has 6 nitrogen and oxygen atoms in total. The molecule has 2 heterocycles. The van der Waals surface area contributed by atoms with Gasteiger partial charge in [-0.3, -0.25) is 0 Å². The predicted octanol–water partition coefficient (Wildman–Crippen LogP) is 3.03. The number of hydrogen-bond donors (Lipinski definition) is 1. The van der Waals surface area contributed by atoms with Crippen LogP contribution in [0.2, 0.25) is 0 Å². The van der Waals surface area contributed by atoms with Gasteiger partial charge in [-0.2, -0.15) is 0 Å². The van der Waals surface area contributed by atoms with Crippen molar-refractivity contribution < 1.29 is 19.2 Å². The van der Waals surface area contributed by atoms with E-state index < -0.39 is 0 Å². The van der Waals surface area contributed by atoms with E-state index in [1.54, 1.807) is 7.11 Å². The SMILES string of the molecule is CCOC(=O)c1c(C[NH+]2CCN(c3ccccc3)CC2)n(C)c2cc(Br)c(OC)cc12. The van der Waals surface area contributed by atoms with Crippen LogP contribution in [0.4, 0.5) is 5.69 Å². The molecule has 1 saturated heterocycles. The Morgan fingerprint density at radius 1 is 1.16 bits per heavy atom. The van der Waals surface area contributed by atoms with Crippen LogP contribution >= 0.6 is 15.9 Å². The maximum absolute atomic E-state index is 13.0. The van der Waals surface area contributed by atoms with Gasteiger partial charge in [0.25, 0.3) is 0 Å². The number of nitrogens with zero attached hydrogens (tertiary/aromatic N) is 2. The van der Waals surface area contributed by atoms with E-state index in [0.29, 0.717) is 17.9 Å². The summed E-state index contributed by atoms with van der Waals surface area (Å²) in [6, 6.07) is 14.5. The second-order valence-corrected chi connectivity index (χ2v) is 8.71. The highest BCUT2D eigenvalue weighted by molar-refractivity contribution is 9.10. The number of para-hydroxylation sites is 1. The largest absolute Gasteiger partial charge is 0.496 e. The Labute approximate surface area is 191 Å². The summed E-state index contributed by atoms with van der Waals surface area (Å²) >= 11 is 3.58. The lowest BCUT2D eigenvalue weighted by atomic mass is 10.1. The molecule has 7 heteroatoms. The lowest BCUT2D eigenvalue weighted by Gasteiger charge is -2.33. The number of anilines is 1. The maximum atomic E-state index is 13.0. The number of fused-ring (bicyclic) bond motifs is 1. The lowest BCUT2D eigenvalue weighted by Crippen LogP contribution is -3.13. The molecule has 31 heavy (non-hydrogen) atoms. The minimum Gasteiger partial charge on any atom is -0.496 e. The van der Waals surface area contributed by atoms with Crippen molar-refractivity contribution in [3.8, 4) is 5.75 Å². The molecular formula is C24H29BrN3O3+. The van der Waals surface area contributed by atoms with Gasteiger partial charge in [0.05, 0.1) is 61.1 Å². The molecule has 1 aliphatic heterocycles. The highest BCUT2D eigenvalue weighted by Gasteiger charge is 2.28. The summed E-state index contributed by atoms with van der Waals surface area (Å²) in [6.07, 6.45) is 0. The van der Waals surface area contributed by atoms with Gasteiger partial charge in [-0.05, 0) is 47.1 Å². The molecule has 164 valence electrons. The third-order valence-corrected chi connectivity index (χ3v) is 6.70. The molecule has 0 saturated carbocycles. The zero-order valence-corrected chi connectivity index (χ0v) is 19.9. The van der Waals surface area contributed by atoms with Gasteiger partial charge in [0.15, 0.2) is 0 Å². The summed E-state index contributed by atoms with van der Waals surface area (Å²) in [7, 11) is 3.66. The zero-order chi connectivity index (χ0) is 22.0. The maximum Gasteiger partial charge on any atom is 0.340 e. The van der Waals surface area contributed by atoms with Crippen LogP contribution in [0.3, 0.4) is 0 Å². The third-order valence-electron chi connectivity index (χ3n) is 6.08. The molecule has 0 aliphatic carbocycles. The summed E-state index contributed by atoms with van der Waals surface area (Å²) < 4.78 is 13.9. The number of hydrogen-bond acceptors (Lipinski definition) is 4. The van der Waals surface area contributed by atoms with E-state index in [1.165, 1.54) is 10.6 Å². The Morgan fingerprint density at radius 2 is 1.87 bits per heavy atom. The Hall–Kier alpha value is -2.51. The number of benzene rings is 2. The fraction of sp³-hybridized carbons (Fsp3) is 0.375. The van der Waals surface area contributed by atoms with Crippen molar-refractivity contribution in [2.75, 3.05) is 44.8 Å². The summed E-state index contributed by atoms with van der Waals surface area (Å²) in [4.78, 5) is 16.8. The summed E-state index contributed by atoms with van der Waals surface area (Å²) in [5, 5.41) is 0.873. The topological polar surface area (TPSA) is 48.1 Å². The molecule has 0 atom stereocenters. The van der Waals surface area contributed by atoms with Gasteiger partial charge in [0.2, 0.25) is 0 Å². The number of ether oxygens (including phenoxy) is 2. The van der Waals surface area contributed by atoms with Crippen LogP contribution in [-0.4, -0.2) is 50.4 Å². The number of nitrogens with one attached hydrogen (secondary N) is 1. The second kappa shape index (κ2) is 9.32. The van der Waals surface area contributed by atoms with E-state index in [1.807, 2.05) is 26.1 Å². The number of methoxy groups -OCH3 is 1. The van der Waals surface area contributed by atoms with Gasteiger partial charge in [0.1, 0.15) is 12.3 Å². The molecular weight excluding hydrogens is 458 g/mol. The first-order chi connectivity index (χ1) is 15.0. The first kappa shape index (κ1) is 21.7. The summed E-state index contributed by atoms with van der Waals surface area (Å²) in [6.45, 7) is 7.01. The van der Waals surface area contributed by atoms with Crippen LogP contribution in [0, 0.1) is 0 Å². The van der Waals surface area contributed by atoms with E-state index in [9.17, 15) is 4.79 Å². The molecule has 0 amide bonds. The van der Waals surface area contributed by atoms with Gasteiger partial charge in [-0.1, -0.05) is 18.2 Å². The van der Waals surface area contributed by atoms with Gasteiger partial charge in [-0.15, -0.1) is 0 Å². The van der Waals surface area contributed by atoms with Crippen LogP contribution < -0.4 is 14.5 Å². The Bertz CT molecular complexity index is 1070. The van der Waals surface area contributed by atoms with Crippen molar-refractivity contribution in [3.05, 3.63) is 58.2 Å². The van der Waals surface area contributed by atoms with E-state index in [0.717, 1.165) is 53.8 Å². The number of esters is 1. The minimum atomic E-state index is -0.269. The molecule has 1 N–H and O–H groups in total. The summed E-state index contributed by atoms with van der Waals surface area (Å²) in [5.74, 6) is 0.439. The number of aromatic nitrogens is 1. The number of carbonyl (C=O) groups is 1. The lowest BCUT2D eigenvalue weighted by molar-refractivity contribution is -0.914. The van der Waals surface area contributed by atoms with Crippen LogP contribution in [0.15, 0.2) is 46.9 Å². The number of quaternary nitrogens is 1. The quantitative estimate of drug-likeness (QED) is 0.544. The van der Waals surface area contributed by atoms with Gasteiger partial charge in [-0.25, -0.2) is 4.79 Å². The van der Waals surface area contributed by atoms with Crippen molar-refractivity contribution in [2.45, 2.75) is 13.5 Å². The molecule has 0 unspecified atom stereocenters. The van der Waals surface area contributed by atoms with Crippen molar-refractivity contribution in [1.82, 2.24) is 4.57 Å². The molecule has 0 radical (unpaired) electrons. The normalized spacial score (nSPS) is 14.8. The van der Waals surface area contributed by atoms with Crippen molar-refractivity contribution in [1.29, 1.82) is 0 Å². The number of piperazine rings is 1. The van der Waals surface area contributed by atoms with E-state index in [-0.39, 0.29) is 5.97 Å². The highest BCUT2D eigenvalue weighted by Crippen LogP contribution is 2.35. The second-order valence-electron chi connectivity index (χ2n) is 7.85. The Kier molecular flexibility index (Phi) is 6.53. The van der Waals surface area contributed by atoms with Gasteiger partial charge < -0.3 is 23.8 Å². The molecule has 0 spiro atoms. The molecule has 3 aromatic rings. The summed E-state index contributed by atoms with van der Waals surface area (Å²) in [5.41, 5.74) is 3.93. The average molecular weight is 487 g/mol. The minimum absolute atomic E-state index is 0.269. The van der Waals surface area contributed by atoms with Crippen molar-refractivity contribution >= 4 is 38.5 Å². The van der Waals surface area contributed by atoms with Crippen molar-refractivity contribution in [2.24, 2.45) is 7.05 Å². The van der Waals surface area contributed by atoms with E-state index in [4.69, 9.17) is 9.47 Å².